The number of piperazine rings is 1. The Hall–Kier alpha value is -2.94. The Kier molecular flexibility index (Phi) is 6.07. The summed E-state index contributed by atoms with van der Waals surface area (Å²) < 4.78 is 7.44. The molecule has 0 atom stereocenters. The molecule has 1 aliphatic heterocycles. The lowest BCUT2D eigenvalue weighted by Crippen LogP contribution is -2.43. The van der Waals surface area contributed by atoms with Gasteiger partial charge in [0.2, 0.25) is 0 Å². The van der Waals surface area contributed by atoms with Crippen molar-refractivity contribution in [1.29, 1.82) is 0 Å². The first-order valence-electron chi connectivity index (χ1n) is 11.0. The van der Waals surface area contributed by atoms with Gasteiger partial charge in [-0.2, -0.15) is 0 Å². The van der Waals surface area contributed by atoms with E-state index in [9.17, 15) is 4.79 Å². The number of methoxy groups -OCH3 is 1. The van der Waals surface area contributed by atoms with Gasteiger partial charge in [-0.1, -0.05) is 18.2 Å². The Morgan fingerprint density at radius 1 is 1.25 bits per heavy atom. The predicted octanol–water partition coefficient (Wildman–Crippen LogP) is 3.30. The third-order valence-electron chi connectivity index (χ3n) is 5.89. The Morgan fingerprint density at radius 2 is 2.09 bits per heavy atom. The highest BCUT2D eigenvalue weighted by molar-refractivity contribution is 7.15. The number of carbonyl (C=O) groups is 1. The molecule has 1 amide bonds. The fourth-order valence-corrected chi connectivity index (χ4v) is 5.03. The number of carbonyl (C=O) groups excluding carboxylic acids is 1. The van der Waals surface area contributed by atoms with Crippen LogP contribution in [0.2, 0.25) is 0 Å². The highest BCUT2D eigenvalue weighted by Gasteiger charge is 2.20. The van der Waals surface area contributed by atoms with Crippen LogP contribution in [0, 0.1) is 0 Å². The number of nitrogens with one attached hydrogen (secondary N) is 2. The van der Waals surface area contributed by atoms with Crippen molar-refractivity contribution < 1.29 is 9.53 Å². The maximum Gasteiger partial charge on any atom is 0.255 e. The molecule has 3 heterocycles. The first kappa shape index (κ1) is 20.9. The summed E-state index contributed by atoms with van der Waals surface area (Å²) in [5, 5.41) is 8.69. The number of hydrogen-bond donors (Lipinski definition) is 2. The van der Waals surface area contributed by atoms with Crippen LogP contribution >= 0.6 is 11.3 Å². The molecule has 0 unspecified atom stereocenters. The number of hydrogen-bond acceptors (Lipinski definition) is 6. The fourth-order valence-electron chi connectivity index (χ4n) is 4.17. The van der Waals surface area contributed by atoms with Gasteiger partial charge in [-0.15, -0.1) is 11.3 Å². The van der Waals surface area contributed by atoms with Gasteiger partial charge in [0.05, 0.1) is 12.8 Å². The van der Waals surface area contributed by atoms with Gasteiger partial charge >= 0.3 is 0 Å². The zero-order valence-corrected chi connectivity index (χ0v) is 19.0. The predicted molar refractivity (Wildman–Crippen MR) is 127 cm³/mol. The molecule has 166 valence electrons. The first-order valence-corrected chi connectivity index (χ1v) is 11.8. The minimum Gasteiger partial charge on any atom is -0.497 e. The van der Waals surface area contributed by atoms with Gasteiger partial charge in [-0.05, 0) is 31.0 Å². The molecule has 7 nitrogen and oxygen atoms in total. The van der Waals surface area contributed by atoms with Crippen LogP contribution < -0.4 is 15.4 Å². The van der Waals surface area contributed by atoms with Crippen LogP contribution in [0.5, 0.6) is 5.75 Å². The highest BCUT2D eigenvalue weighted by atomic mass is 32.1. The van der Waals surface area contributed by atoms with Crippen molar-refractivity contribution in [3.05, 3.63) is 70.6 Å². The number of nitrogens with zero attached hydrogens (tertiary/aromatic N) is 3. The van der Waals surface area contributed by atoms with E-state index in [1.807, 2.05) is 12.1 Å². The Balaban J connectivity index is 1.36. The molecule has 5 rings (SSSR count). The van der Waals surface area contributed by atoms with Crippen molar-refractivity contribution in [3.8, 4) is 5.75 Å². The van der Waals surface area contributed by atoms with Crippen molar-refractivity contribution in [1.82, 2.24) is 24.9 Å². The summed E-state index contributed by atoms with van der Waals surface area (Å²) in [6, 6.07) is 7.19. The second kappa shape index (κ2) is 9.28. The molecule has 8 heteroatoms. The van der Waals surface area contributed by atoms with E-state index in [1.165, 1.54) is 5.69 Å². The lowest BCUT2D eigenvalue weighted by Gasteiger charge is -2.26. The number of thiazole rings is 1. The number of imidazole rings is 1. The molecule has 1 fully saturated rings. The molecule has 1 aliphatic carbocycles. The summed E-state index contributed by atoms with van der Waals surface area (Å²) in [6.07, 6.45) is 8.19. The maximum absolute atomic E-state index is 12.9. The van der Waals surface area contributed by atoms with Crippen molar-refractivity contribution >= 4 is 27.8 Å². The SMILES string of the molecule is COc1cccc(C(=O)NC2=CCCC=C2c2cn3c(CN4CCNCC4)csc3n2)c1. The summed E-state index contributed by atoms with van der Waals surface area (Å²) in [5.41, 5.74) is 4.53. The molecular formula is C24H27N5O2S. The number of aromatic nitrogens is 2. The first-order chi connectivity index (χ1) is 15.7. The smallest absolute Gasteiger partial charge is 0.255 e. The van der Waals surface area contributed by atoms with E-state index in [4.69, 9.17) is 9.72 Å². The Morgan fingerprint density at radius 3 is 2.94 bits per heavy atom. The second-order valence-electron chi connectivity index (χ2n) is 8.03. The summed E-state index contributed by atoms with van der Waals surface area (Å²) in [4.78, 5) is 21.2. The van der Waals surface area contributed by atoms with E-state index in [1.54, 1.807) is 30.6 Å². The van der Waals surface area contributed by atoms with E-state index in [0.29, 0.717) is 11.3 Å². The van der Waals surface area contributed by atoms with Gasteiger partial charge in [0.1, 0.15) is 5.75 Å². The molecule has 2 N–H and O–H groups in total. The standard InChI is InChI=1S/C24H27N5O2S/c1-31-19-6-4-5-17(13-19)23(30)26-21-8-3-2-7-20(21)22-15-29-18(16-32-24(29)27-22)14-28-11-9-25-10-12-28/h4-8,13,15-16,25H,2-3,9-12,14H2,1H3,(H,26,30). The highest BCUT2D eigenvalue weighted by Crippen LogP contribution is 2.29. The molecule has 2 aromatic heterocycles. The molecule has 3 aromatic rings. The number of amides is 1. The average molecular weight is 450 g/mol. The van der Waals surface area contributed by atoms with Crippen LogP contribution in [0.1, 0.15) is 34.6 Å². The molecular weight excluding hydrogens is 422 g/mol. The van der Waals surface area contributed by atoms with Crippen LogP contribution in [-0.2, 0) is 6.54 Å². The number of rotatable bonds is 6. The monoisotopic (exact) mass is 449 g/mol. The minimum atomic E-state index is -0.150. The number of allylic oxidation sites excluding steroid dienone is 3. The van der Waals surface area contributed by atoms with Gasteiger partial charge in [0.25, 0.3) is 5.91 Å². The third-order valence-corrected chi connectivity index (χ3v) is 6.78. The zero-order valence-electron chi connectivity index (χ0n) is 18.1. The quantitative estimate of drug-likeness (QED) is 0.604. The fraction of sp³-hybridized carbons (Fsp3) is 0.333. The van der Waals surface area contributed by atoms with Gasteiger partial charge < -0.3 is 15.4 Å². The van der Waals surface area contributed by atoms with Crippen molar-refractivity contribution in [2.45, 2.75) is 19.4 Å². The maximum atomic E-state index is 12.9. The third kappa shape index (κ3) is 4.34. The van der Waals surface area contributed by atoms with Crippen LogP contribution in [0.3, 0.4) is 0 Å². The molecule has 32 heavy (non-hydrogen) atoms. The van der Waals surface area contributed by atoms with Crippen LogP contribution in [0.4, 0.5) is 0 Å². The van der Waals surface area contributed by atoms with E-state index in [2.05, 4.69) is 43.7 Å². The second-order valence-corrected chi connectivity index (χ2v) is 8.87. The van der Waals surface area contributed by atoms with E-state index < -0.39 is 0 Å². The lowest BCUT2D eigenvalue weighted by atomic mass is 10.0. The summed E-state index contributed by atoms with van der Waals surface area (Å²) in [5.74, 6) is 0.515. The zero-order chi connectivity index (χ0) is 21.9. The topological polar surface area (TPSA) is 70.9 Å². The Bertz CT molecular complexity index is 1190. The number of ether oxygens (including phenoxy) is 1. The lowest BCUT2D eigenvalue weighted by molar-refractivity contribution is 0.0967. The van der Waals surface area contributed by atoms with Crippen LogP contribution in [-0.4, -0.2) is 53.5 Å². The largest absolute Gasteiger partial charge is 0.497 e. The molecule has 0 radical (unpaired) electrons. The summed E-state index contributed by atoms with van der Waals surface area (Å²) in [7, 11) is 1.60. The average Bonchev–Trinajstić information content (AvgIpc) is 3.42. The molecule has 0 spiro atoms. The minimum absolute atomic E-state index is 0.150. The Labute approximate surface area is 191 Å². The van der Waals surface area contributed by atoms with Crippen molar-refractivity contribution in [2.75, 3.05) is 33.3 Å². The molecule has 0 bridgehead atoms. The summed E-state index contributed by atoms with van der Waals surface area (Å²) in [6.45, 7) is 5.12. The molecule has 1 saturated heterocycles. The molecule has 1 aromatic carbocycles. The van der Waals surface area contributed by atoms with Crippen LogP contribution in [0.25, 0.3) is 10.5 Å². The van der Waals surface area contributed by atoms with E-state index in [-0.39, 0.29) is 5.91 Å². The van der Waals surface area contributed by atoms with E-state index in [0.717, 1.165) is 67.5 Å². The van der Waals surface area contributed by atoms with Crippen LogP contribution in [0.15, 0.2) is 53.7 Å². The number of fused-ring (bicyclic) bond motifs is 1. The van der Waals surface area contributed by atoms with Crippen molar-refractivity contribution in [2.24, 2.45) is 0 Å². The van der Waals surface area contributed by atoms with E-state index >= 15 is 0 Å². The molecule has 2 aliphatic rings. The van der Waals surface area contributed by atoms with Gasteiger partial charge in [-0.3, -0.25) is 14.1 Å². The van der Waals surface area contributed by atoms with Gasteiger partial charge in [0, 0.05) is 66.8 Å². The van der Waals surface area contributed by atoms with Gasteiger partial charge in [-0.25, -0.2) is 4.98 Å². The van der Waals surface area contributed by atoms with Crippen molar-refractivity contribution in [3.63, 3.8) is 0 Å². The number of benzene rings is 1. The van der Waals surface area contributed by atoms with Gasteiger partial charge in [0.15, 0.2) is 4.96 Å². The molecule has 0 saturated carbocycles. The summed E-state index contributed by atoms with van der Waals surface area (Å²) >= 11 is 1.67. The normalized spacial score (nSPS) is 17.2.